The molecule has 2 unspecified atom stereocenters. The van der Waals surface area contributed by atoms with Crippen LogP contribution in [0.5, 0.6) is 0 Å². The normalized spacial score (nSPS) is 27.8. The number of nitrogens with one attached hydrogen (secondary N) is 1. The summed E-state index contributed by atoms with van der Waals surface area (Å²) in [5.74, 6) is 0.326. The molecule has 1 aliphatic carbocycles. The van der Waals surface area contributed by atoms with Gasteiger partial charge in [0, 0.05) is 17.6 Å². The SMILES string of the molecule is NC1(COP(O)O)CCC(c2ccc3c(c2)CCNC3=O)C1. The van der Waals surface area contributed by atoms with E-state index in [1.54, 1.807) is 0 Å². The Kier molecular flexibility index (Phi) is 4.48. The van der Waals surface area contributed by atoms with Gasteiger partial charge >= 0.3 is 8.60 Å². The van der Waals surface area contributed by atoms with Crippen LogP contribution in [-0.2, 0) is 10.9 Å². The summed E-state index contributed by atoms with van der Waals surface area (Å²) in [6.45, 7) is 0.848. The van der Waals surface area contributed by atoms with E-state index in [9.17, 15) is 4.79 Å². The van der Waals surface area contributed by atoms with Gasteiger partial charge in [0.05, 0.1) is 6.61 Å². The van der Waals surface area contributed by atoms with Crippen LogP contribution in [0.25, 0.3) is 0 Å². The molecule has 3 rings (SSSR count). The Bertz CT molecular complexity index is 581. The molecule has 1 aromatic rings. The lowest BCUT2D eigenvalue weighted by molar-refractivity contribution is 0.0946. The number of hydrogen-bond donors (Lipinski definition) is 4. The van der Waals surface area contributed by atoms with E-state index in [1.807, 2.05) is 12.1 Å². The van der Waals surface area contributed by atoms with Gasteiger partial charge in [-0.1, -0.05) is 12.1 Å². The van der Waals surface area contributed by atoms with Gasteiger partial charge in [-0.3, -0.25) is 4.79 Å². The monoisotopic (exact) mass is 324 g/mol. The average Bonchev–Trinajstić information content (AvgIpc) is 2.88. The molecule has 1 amide bonds. The molecular weight excluding hydrogens is 303 g/mol. The molecule has 0 radical (unpaired) electrons. The Hall–Kier alpha value is -1.04. The third kappa shape index (κ3) is 3.31. The van der Waals surface area contributed by atoms with Crippen LogP contribution < -0.4 is 11.1 Å². The van der Waals surface area contributed by atoms with Crippen molar-refractivity contribution in [2.75, 3.05) is 13.2 Å². The fourth-order valence-corrected chi connectivity index (χ4v) is 3.83. The Morgan fingerprint density at radius 3 is 3.05 bits per heavy atom. The maximum atomic E-state index is 11.8. The van der Waals surface area contributed by atoms with E-state index in [2.05, 4.69) is 11.4 Å². The topological polar surface area (TPSA) is 105 Å². The second-order valence-electron chi connectivity index (χ2n) is 6.25. The van der Waals surface area contributed by atoms with Crippen molar-refractivity contribution in [2.24, 2.45) is 5.73 Å². The second kappa shape index (κ2) is 6.22. The van der Waals surface area contributed by atoms with Gasteiger partial charge in [0.2, 0.25) is 0 Å². The minimum atomic E-state index is -2.35. The van der Waals surface area contributed by atoms with Gasteiger partial charge in [-0.25, -0.2) is 0 Å². The first-order chi connectivity index (χ1) is 10.5. The standard InChI is InChI=1S/C15H21N2O4P/c16-15(9-21-22(19)20)5-3-12(8-15)10-1-2-13-11(7-10)4-6-17-14(13)18/h1-2,7,12,19-20H,3-6,8-9,16H2,(H,17,18). The van der Waals surface area contributed by atoms with Gasteiger partial charge < -0.3 is 25.4 Å². The number of amides is 1. The summed E-state index contributed by atoms with van der Waals surface area (Å²) < 4.78 is 4.92. The van der Waals surface area contributed by atoms with Gasteiger partial charge in [0.1, 0.15) is 0 Å². The van der Waals surface area contributed by atoms with Crippen LogP contribution in [0.15, 0.2) is 18.2 Å². The minimum Gasteiger partial charge on any atom is -0.352 e. The number of benzene rings is 1. The molecule has 22 heavy (non-hydrogen) atoms. The predicted octanol–water partition coefficient (Wildman–Crippen LogP) is 1.17. The van der Waals surface area contributed by atoms with E-state index in [0.717, 1.165) is 36.8 Å². The highest BCUT2D eigenvalue weighted by molar-refractivity contribution is 7.39. The van der Waals surface area contributed by atoms with Crippen LogP contribution in [0.3, 0.4) is 0 Å². The smallest absolute Gasteiger partial charge is 0.327 e. The molecular formula is C15H21N2O4P. The number of hydrogen-bond acceptors (Lipinski definition) is 5. The quantitative estimate of drug-likeness (QED) is 0.622. The van der Waals surface area contributed by atoms with E-state index in [-0.39, 0.29) is 12.5 Å². The van der Waals surface area contributed by atoms with Crippen LogP contribution in [0.1, 0.15) is 46.7 Å². The van der Waals surface area contributed by atoms with Gasteiger partial charge in [0.15, 0.2) is 0 Å². The van der Waals surface area contributed by atoms with Crippen molar-refractivity contribution in [3.05, 3.63) is 34.9 Å². The summed E-state index contributed by atoms with van der Waals surface area (Å²) >= 11 is 0. The average molecular weight is 324 g/mol. The molecule has 1 aliphatic heterocycles. The van der Waals surface area contributed by atoms with Crippen LogP contribution in [0, 0.1) is 0 Å². The number of rotatable bonds is 4. The fraction of sp³-hybridized carbons (Fsp3) is 0.533. The van der Waals surface area contributed by atoms with E-state index < -0.39 is 14.1 Å². The second-order valence-corrected chi connectivity index (χ2v) is 7.01. The van der Waals surface area contributed by atoms with E-state index in [0.29, 0.717) is 12.5 Å². The highest BCUT2D eigenvalue weighted by atomic mass is 31.2. The van der Waals surface area contributed by atoms with Crippen molar-refractivity contribution >= 4 is 14.5 Å². The third-order valence-corrected chi connectivity index (χ3v) is 5.00. The molecule has 0 aromatic heterocycles. The first-order valence-corrected chi connectivity index (χ1v) is 8.64. The molecule has 7 heteroatoms. The largest absolute Gasteiger partial charge is 0.352 e. The summed E-state index contributed by atoms with van der Waals surface area (Å²) in [6, 6.07) is 6.02. The van der Waals surface area contributed by atoms with Crippen LogP contribution in [0.2, 0.25) is 0 Å². The molecule has 0 spiro atoms. The molecule has 2 aliphatic rings. The van der Waals surface area contributed by atoms with Crippen LogP contribution in [0.4, 0.5) is 0 Å². The maximum absolute atomic E-state index is 11.8. The van der Waals surface area contributed by atoms with Crippen molar-refractivity contribution in [3.63, 3.8) is 0 Å². The van der Waals surface area contributed by atoms with Crippen molar-refractivity contribution in [2.45, 2.75) is 37.1 Å². The number of nitrogens with two attached hydrogens (primary N) is 1. The molecule has 120 valence electrons. The summed E-state index contributed by atoms with van der Waals surface area (Å²) in [4.78, 5) is 29.5. The van der Waals surface area contributed by atoms with Crippen molar-refractivity contribution in [1.82, 2.24) is 5.32 Å². The zero-order valence-electron chi connectivity index (χ0n) is 12.3. The van der Waals surface area contributed by atoms with Gasteiger partial charge in [0.25, 0.3) is 5.91 Å². The van der Waals surface area contributed by atoms with Crippen molar-refractivity contribution in [1.29, 1.82) is 0 Å². The lowest BCUT2D eigenvalue weighted by Crippen LogP contribution is -2.41. The molecule has 6 nitrogen and oxygen atoms in total. The van der Waals surface area contributed by atoms with Crippen LogP contribution >= 0.6 is 8.60 Å². The maximum Gasteiger partial charge on any atom is 0.327 e. The van der Waals surface area contributed by atoms with E-state index in [4.69, 9.17) is 20.0 Å². The fourth-order valence-electron chi connectivity index (χ4n) is 3.46. The highest BCUT2D eigenvalue weighted by Gasteiger charge is 2.37. The first-order valence-electron chi connectivity index (χ1n) is 7.48. The van der Waals surface area contributed by atoms with E-state index >= 15 is 0 Å². The van der Waals surface area contributed by atoms with Gasteiger partial charge in [-0.15, -0.1) is 0 Å². The summed E-state index contributed by atoms with van der Waals surface area (Å²) in [5, 5.41) is 2.85. The van der Waals surface area contributed by atoms with Gasteiger partial charge in [-0.05, 0) is 48.8 Å². The third-order valence-electron chi connectivity index (χ3n) is 4.64. The number of carbonyl (C=O) groups excluding carboxylic acids is 1. The molecule has 1 saturated carbocycles. The minimum absolute atomic E-state index is 0.0000380. The van der Waals surface area contributed by atoms with E-state index in [1.165, 1.54) is 5.56 Å². The predicted molar refractivity (Wildman–Crippen MR) is 83.3 cm³/mol. The Morgan fingerprint density at radius 2 is 2.27 bits per heavy atom. The molecule has 1 aromatic carbocycles. The van der Waals surface area contributed by atoms with Crippen LogP contribution in [-0.4, -0.2) is 34.4 Å². The lowest BCUT2D eigenvalue weighted by atomic mass is 9.89. The zero-order valence-corrected chi connectivity index (χ0v) is 13.2. The van der Waals surface area contributed by atoms with Gasteiger partial charge in [-0.2, -0.15) is 0 Å². The van der Waals surface area contributed by atoms with Crippen molar-refractivity contribution in [3.8, 4) is 0 Å². The van der Waals surface area contributed by atoms with Crippen molar-refractivity contribution < 1.29 is 19.1 Å². The number of carbonyl (C=O) groups is 1. The summed E-state index contributed by atoms with van der Waals surface area (Å²) in [7, 11) is -2.35. The highest BCUT2D eigenvalue weighted by Crippen LogP contribution is 2.41. The lowest BCUT2D eigenvalue weighted by Gasteiger charge is -2.24. The Balaban J connectivity index is 1.72. The summed E-state index contributed by atoms with van der Waals surface area (Å²) in [6.07, 6.45) is 3.34. The number of fused-ring (bicyclic) bond motifs is 1. The molecule has 1 fully saturated rings. The molecule has 0 bridgehead atoms. The summed E-state index contributed by atoms with van der Waals surface area (Å²) in [5.41, 5.74) is 8.85. The molecule has 0 saturated heterocycles. The zero-order chi connectivity index (χ0) is 15.7. The molecule has 1 heterocycles. The Labute approximate surface area is 130 Å². The molecule has 5 N–H and O–H groups in total. The first kappa shape index (κ1) is 15.8. The molecule has 2 atom stereocenters. The Morgan fingerprint density at radius 1 is 1.45 bits per heavy atom.